The summed E-state index contributed by atoms with van der Waals surface area (Å²) >= 11 is 0. The number of hydrogen-bond acceptors (Lipinski definition) is 4. The average Bonchev–Trinajstić information content (AvgIpc) is 2.78. The van der Waals surface area contributed by atoms with E-state index in [1.54, 1.807) is 31.2 Å². The Labute approximate surface area is 171 Å². The highest BCUT2D eigenvalue weighted by Gasteiger charge is 2.18. The summed E-state index contributed by atoms with van der Waals surface area (Å²) in [4.78, 5) is 26.7. The lowest BCUT2D eigenvalue weighted by Crippen LogP contribution is -2.36. The number of rotatable bonds is 6. The Balaban J connectivity index is 1.49. The summed E-state index contributed by atoms with van der Waals surface area (Å²) in [5.74, 6) is 0.375. The fraction of sp³-hybridized carbons (Fsp3) is 0.348. The van der Waals surface area contributed by atoms with Gasteiger partial charge in [-0.3, -0.25) is 9.59 Å². The van der Waals surface area contributed by atoms with Gasteiger partial charge in [-0.2, -0.15) is 5.26 Å². The second-order valence-electron chi connectivity index (χ2n) is 7.16. The Morgan fingerprint density at radius 3 is 2.34 bits per heavy atom. The number of nitrogens with one attached hydrogen (secondary N) is 1. The first-order valence-corrected chi connectivity index (χ1v) is 9.89. The van der Waals surface area contributed by atoms with Crippen LogP contribution < -0.4 is 10.1 Å². The number of likely N-dealkylation sites (tertiary alicyclic amines) is 1. The molecule has 6 nitrogen and oxygen atoms in total. The molecule has 1 aliphatic rings. The van der Waals surface area contributed by atoms with E-state index in [-0.39, 0.29) is 11.8 Å². The molecule has 2 aromatic rings. The zero-order valence-electron chi connectivity index (χ0n) is 16.6. The van der Waals surface area contributed by atoms with Gasteiger partial charge in [0.05, 0.1) is 11.6 Å². The number of carbonyl (C=O) groups is 2. The molecule has 0 bridgehead atoms. The van der Waals surface area contributed by atoms with Crippen LogP contribution in [-0.4, -0.2) is 35.9 Å². The van der Waals surface area contributed by atoms with Gasteiger partial charge in [0.15, 0.2) is 6.10 Å². The maximum absolute atomic E-state index is 12.5. The van der Waals surface area contributed by atoms with Gasteiger partial charge in [-0.1, -0.05) is 12.1 Å². The van der Waals surface area contributed by atoms with Crippen LogP contribution in [0.1, 0.15) is 47.7 Å². The molecular weight excluding hydrogens is 366 g/mol. The summed E-state index contributed by atoms with van der Waals surface area (Å²) in [5.41, 5.74) is 2.13. The third-order valence-corrected chi connectivity index (χ3v) is 4.98. The van der Waals surface area contributed by atoms with Crippen LogP contribution in [0.25, 0.3) is 0 Å². The number of nitriles is 1. The van der Waals surface area contributed by atoms with E-state index in [4.69, 9.17) is 10.00 Å². The van der Waals surface area contributed by atoms with Crippen molar-refractivity contribution in [1.29, 1.82) is 5.26 Å². The molecule has 0 aromatic heterocycles. The van der Waals surface area contributed by atoms with Gasteiger partial charge in [0.25, 0.3) is 11.8 Å². The van der Waals surface area contributed by atoms with Crippen LogP contribution in [0.3, 0.4) is 0 Å². The van der Waals surface area contributed by atoms with Crippen LogP contribution in [0.2, 0.25) is 0 Å². The van der Waals surface area contributed by atoms with E-state index in [1.165, 1.54) is 6.42 Å². The van der Waals surface area contributed by atoms with Gasteiger partial charge in [-0.05, 0) is 68.1 Å². The van der Waals surface area contributed by atoms with Crippen molar-refractivity contribution in [3.63, 3.8) is 0 Å². The zero-order valence-corrected chi connectivity index (χ0v) is 16.6. The number of hydrogen-bond donors (Lipinski definition) is 1. The first-order chi connectivity index (χ1) is 14.1. The minimum Gasteiger partial charge on any atom is -0.481 e. The number of carbonyl (C=O) groups excluding carboxylic acids is 2. The third kappa shape index (κ3) is 5.58. The highest BCUT2D eigenvalue weighted by molar-refractivity contribution is 5.94. The molecule has 0 spiro atoms. The summed E-state index contributed by atoms with van der Waals surface area (Å²) in [6.45, 7) is 3.69. The van der Waals surface area contributed by atoms with Gasteiger partial charge in [-0.15, -0.1) is 0 Å². The first kappa shape index (κ1) is 20.4. The monoisotopic (exact) mass is 391 g/mol. The number of benzene rings is 2. The van der Waals surface area contributed by atoms with Gasteiger partial charge >= 0.3 is 0 Å². The topological polar surface area (TPSA) is 82.4 Å². The Morgan fingerprint density at radius 1 is 1.07 bits per heavy atom. The summed E-state index contributed by atoms with van der Waals surface area (Å²) in [7, 11) is 0. The van der Waals surface area contributed by atoms with Crippen molar-refractivity contribution < 1.29 is 14.3 Å². The second-order valence-corrected chi connectivity index (χ2v) is 7.16. The van der Waals surface area contributed by atoms with Gasteiger partial charge < -0.3 is 15.0 Å². The lowest BCUT2D eigenvalue weighted by molar-refractivity contribution is -0.127. The van der Waals surface area contributed by atoms with Gasteiger partial charge in [0.1, 0.15) is 5.75 Å². The van der Waals surface area contributed by atoms with Gasteiger partial charge in [0.2, 0.25) is 0 Å². The molecule has 1 atom stereocenters. The lowest BCUT2D eigenvalue weighted by atomic mass is 10.1. The van der Waals surface area contributed by atoms with Crippen molar-refractivity contribution in [1.82, 2.24) is 10.2 Å². The molecule has 0 aliphatic carbocycles. The van der Waals surface area contributed by atoms with Crippen molar-refractivity contribution in [2.45, 2.75) is 38.8 Å². The van der Waals surface area contributed by atoms with Crippen molar-refractivity contribution in [2.75, 3.05) is 13.1 Å². The smallest absolute Gasteiger partial charge is 0.261 e. The Hall–Kier alpha value is -3.33. The quantitative estimate of drug-likeness (QED) is 0.819. The minimum absolute atomic E-state index is 0.0738. The number of piperidine rings is 1. The molecule has 6 heteroatoms. The van der Waals surface area contributed by atoms with Crippen LogP contribution in [0.5, 0.6) is 5.75 Å². The largest absolute Gasteiger partial charge is 0.481 e. The minimum atomic E-state index is -0.664. The van der Waals surface area contributed by atoms with E-state index < -0.39 is 6.10 Å². The lowest BCUT2D eigenvalue weighted by Gasteiger charge is -2.26. The molecule has 3 rings (SSSR count). The van der Waals surface area contributed by atoms with E-state index in [9.17, 15) is 9.59 Å². The van der Waals surface area contributed by atoms with Gasteiger partial charge in [0, 0.05) is 25.2 Å². The molecule has 150 valence electrons. The van der Waals surface area contributed by atoms with E-state index in [2.05, 4.69) is 5.32 Å². The molecule has 29 heavy (non-hydrogen) atoms. The van der Waals surface area contributed by atoms with E-state index in [0.29, 0.717) is 23.4 Å². The van der Waals surface area contributed by atoms with Crippen LogP contribution in [0, 0.1) is 11.3 Å². The van der Waals surface area contributed by atoms with Crippen LogP contribution in [-0.2, 0) is 11.3 Å². The SMILES string of the molecule is C[C@@H](Oc1ccc(C#N)cc1)C(=O)NCc1ccc(C(=O)N2CCCCC2)cc1. The highest BCUT2D eigenvalue weighted by atomic mass is 16.5. The second kappa shape index (κ2) is 9.74. The maximum atomic E-state index is 12.5. The zero-order chi connectivity index (χ0) is 20.6. The molecule has 0 saturated carbocycles. The van der Waals surface area contributed by atoms with E-state index in [0.717, 1.165) is 31.5 Å². The molecule has 1 aliphatic heterocycles. The van der Waals surface area contributed by atoms with Crippen molar-refractivity contribution in [3.8, 4) is 11.8 Å². The highest BCUT2D eigenvalue weighted by Crippen LogP contribution is 2.15. The van der Waals surface area contributed by atoms with Crippen LogP contribution >= 0.6 is 0 Å². The molecule has 1 N–H and O–H groups in total. The van der Waals surface area contributed by atoms with Crippen LogP contribution in [0.15, 0.2) is 48.5 Å². The average molecular weight is 391 g/mol. The summed E-state index contributed by atoms with van der Waals surface area (Å²) in [6.07, 6.45) is 2.66. The Bertz CT molecular complexity index is 879. The Kier molecular flexibility index (Phi) is 6.85. The predicted octanol–water partition coefficient (Wildman–Crippen LogP) is 3.27. The molecule has 2 aromatic carbocycles. The molecule has 0 unspecified atom stereocenters. The first-order valence-electron chi connectivity index (χ1n) is 9.89. The van der Waals surface area contributed by atoms with Crippen molar-refractivity contribution >= 4 is 11.8 Å². The summed E-state index contributed by atoms with van der Waals surface area (Å²) in [6, 6.07) is 16.0. The number of amides is 2. The molecule has 1 heterocycles. The van der Waals surface area contributed by atoms with Crippen molar-refractivity contribution in [3.05, 3.63) is 65.2 Å². The molecule has 1 fully saturated rings. The fourth-order valence-electron chi connectivity index (χ4n) is 3.24. The predicted molar refractivity (Wildman–Crippen MR) is 109 cm³/mol. The third-order valence-electron chi connectivity index (χ3n) is 4.98. The fourth-order valence-corrected chi connectivity index (χ4v) is 3.24. The maximum Gasteiger partial charge on any atom is 0.261 e. The van der Waals surface area contributed by atoms with Crippen molar-refractivity contribution in [2.24, 2.45) is 0 Å². The molecule has 1 saturated heterocycles. The van der Waals surface area contributed by atoms with Crippen LogP contribution in [0.4, 0.5) is 0 Å². The standard InChI is InChI=1S/C23H25N3O3/c1-17(29-21-11-7-18(15-24)8-12-21)22(27)25-16-19-5-9-20(10-6-19)23(28)26-13-3-2-4-14-26/h5-12,17H,2-4,13-14,16H2,1H3,(H,25,27)/t17-/m1/s1. The molecular formula is C23H25N3O3. The number of nitrogens with zero attached hydrogens (tertiary/aromatic N) is 2. The van der Waals surface area contributed by atoms with E-state index in [1.807, 2.05) is 35.2 Å². The van der Waals surface area contributed by atoms with Gasteiger partial charge in [-0.25, -0.2) is 0 Å². The molecule has 0 radical (unpaired) electrons. The summed E-state index contributed by atoms with van der Waals surface area (Å²) in [5, 5.41) is 11.7. The normalized spacial score (nSPS) is 14.6. The molecule has 2 amide bonds. The van der Waals surface area contributed by atoms with E-state index >= 15 is 0 Å². The number of ether oxygens (including phenoxy) is 1. The summed E-state index contributed by atoms with van der Waals surface area (Å²) < 4.78 is 5.61. The Morgan fingerprint density at radius 2 is 1.72 bits per heavy atom.